The van der Waals surface area contributed by atoms with Crippen molar-refractivity contribution in [1.82, 2.24) is 0 Å². The van der Waals surface area contributed by atoms with Crippen molar-refractivity contribution < 1.29 is 14.8 Å². The highest BCUT2D eigenvalue weighted by Crippen LogP contribution is 2.20. The highest BCUT2D eigenvalue weighted by molar-refractivity contribution is 6.04. The van der Waals surface area contributed by atoms with Gasteiger partial charge in [0.05, 0.1) is 11.5 Å². The first-order valence-electron chi connectivity index (χ1n) is 6.27. The van der Waals surface area contributed by atoms with Crippen molar-refractivity contribution in [1.29, 1.82) is 0 Å². The van der Waals surface area contributed by atoms with Crippen LogP contribution < -0.4 is 5.32 Å². The number of carbonyl (C=O) groups is 1. The second-order valence-corrected chi connectivity index (χ2v) is 4.57. The fraction of sp³-hybridized carbons (Fsp3) is 0.133. The van der Waals surface area contributed by atoms with Crippen LogP contribution in [0.5, 0.6) is 0 Å². The Morgan fingerprint density at radius 3 is 2.48 bits per heavy atom. The summed E-state index contributed by atoms with van der Waals surface area (Å²) >= 11 is 0. The Bertz CT molecular complexity index is 681. The number of aliphatic hydroxyl groups excluding tert-OH is 1. The van der Waals surface area contributed by atoms with Gasteiger partial charge in [-0.2, -0.15) is 0 Å². The van der Waals surface area contributed by atoms with Crippen molar-refractivity contribution in [2.45, 2.75) is 13.5 Å². The summed E-state index contributed by atoms with van der Waals surface area (Å²) in [5, 5.41) is 22.5. The van der Waals surface area contributed by atoms with E-state index >= 15 is 0 Å². The number of benzene rings is 2. The van der Waals surface area contributed by atoms with Crippen LogP contribution >= 0.6 is 0 Å². The monoisotopic (exact) mass is 286 g/mol. The predicted octanol–water partition coefficient (Wildman–Crippen LogP) is 2.65. The van der Waals surface area contributed by atoms with Gasteiger partial charge in [-0.1, -0.05) is 18.2 Å². The number of hydrogen-bond donors (Lipinski definition) is 2. The molecule has 2 rings (SSSR count). The van der Waals surface area contributed by atoms with Gasteiger partial charge in [0.25, 0.3) is 11.6 Å². The van der Waals surface area contributed by atoms with Crippen molar-refractivity contribution >= 4 is 17.3 Å². The number of nitro benzene ring substituents is 1. The van der Waals surface area contributed by atoms with Crippen LogP contribution in [-0.2, 0) is 6.61 Å². The molecule has 2 aromatic carbocycles. The Hall–Kier alpha value is -2.73. The van der Waals surface area contributed by atoms with Gasteiger partial charge < -0.3 is 10.4 Å². The molecule has 0 saturated carbocycles. The molecule has 2 aromatic rings. The molecule has 0 aliphatic carbocycles. The molecule has 0 atom stereocenters. The molecule has 1 amide bonds. The summed E-state index contributed by atoms with van der Waals surface area (Å²) in [4.78, 5) is 22.4. The van der Waals surface area contributed by atoms with Gasteiger partial charge in [0.15, 0.2) is 0 Å². The summed E-state index contributed by atoms with van der Waals surface area (Å²) in [6, 6.07) is 11.0. The number of amides is 1. The Balaban J connectivity index is 2.19. The average molecular weight is 286 g/mol. The number of hydrogen-bond acceptors (Lipinski definition) is 4. The predicted molar refractivity (Wildman–Crippen MR) is 78.2 cm³/mol. The molecule has 0 radical (unpaired) electrons. The van der Waals surface area contributed by atoms with Crippen molar-refractivity contribution in [3.05, 3.63) is 69.3 Å². The average Bonchev–Trinajstić information content (AvgIpc) is 2.48. The van der Waals surface area contributed by atoms with E-state index in [-0.39, 0.29) is 17.9 Å². The van der Waals surface area contributed by atoms with E-state index in [4.69, 9.17) is 5.11 Å². The number of anilines is 1. The number of aryl methyl sites for hydroxylation is 1. The van der Waals surface area contributed by atoms with Gasteiger partial charge in [0.2, 0.25) is 0 Å². The van der Waals surface area contributed by atoms with Crippen LogP contribution in [0.3, 0.4) is 0 Å². The highest BCUT2D eigenvalue weighted by atomic mass is 16.6. The summed E-state index contributed by atoms with van der Waals surface area (Å²) < 4.78 is 0. The number of aliphatic hydroxyl groups is 1. The van der Waals surface area contributed by atoms with Crippen LogP contribution in [0.25, 0.3) is 0 Å². The molecule has 6 heteroatoms. The molecule has 108 valence electrons. The van der Waals surface area contributed by atoms with E-state index in [1.807, 2.05) is 0 Å². The van der Waals surface area contributed by atoms with E-state index in [2.05, 4.69) is 5.32 Å². The quantitative estimate of drug-likeness (QED) is 0.667. The van der Waals surface area contributed by atoms with E-state index in [1.54, 1.807) is 43.3 Å². The summed E-state index contributed by atoms with van der Waals surface area (Å²) in [7, 11) is 0. The number of nitrogens with one attached hydrogen (secondary N) is 1. The lowest BCUT2D eigenvalue weighted by Crippen LogP contribution is -2.12. The van der Waals surface area contributed by atoms with E-state index in [1.165, 1.54) is 6.07 Å². The zero-order chi connectivity index (χ0) is 15.4. The lowest BCUT2D eigenvalue weighted by atomic mass is 10.1. The third kappa shape index (κ3) is 3.43. The van der Waals surface area contributed by atoms with Crippen molar-refractivity contribution in [3.63, 3.8) is 0 Å². The number of nitrogens with zero attached hydrogens (tertiary/aromatic N) is 1. The van der Waals surface area contributed by atoms with E-state index < -0.39 is 10.8 Å². The Morgan fingerprint density at radius 2 is 1.90 bits per heavy atom. The lowest BCUT2D eigenvalue weighted by Gasteiger charge is -2.06. The van der Waals surface area contributed by atoms with Gasteiger partial charge in [-0.15, -0.1) is 0 Å². The van der Waals surface area contributed by atoms with E-state index in [9.17, 15) is 14.9 Å². The van der Waals surface area contributed by atoms with Gasteiger partial charge in [0, 0.05) is 22.9 Å². The molecule has 2 N–H and O–H groups in total. The standard InChI is InChI=1S/C15H14N2O4/c1-10-2-5-12(8-14(10)17(20)21)15(19)16-13-6-3-11(9-18)4-7-13/h2-8,18H,9H2,1H3,(H,16,19). The maximum Gasteiger partial charge on any atom is 0.273 e. The molecule has 0 fully saturated rings. The van der Waals surface area contributed by atoms with Crippen LogP contribution in [0.2, 0.25) is 0 Å². The minimum absolute atomic E-state index is 0.0710. The maximum absolute atomic E-state index is 12.1. The van der Waals surface area contributed by atoms with Crippen LogP contribution in [0.15, 0.2) is 42.5 Å². The van der Waals surface area contributed by atoms with Gasteiger partial charge >= 0.3 is 0 Å². The molecular weight excluding hydrogens is 272 g/mol. The summed E-state index contributed by atoms with van der Waals surface area (Å²) in [5.74, 6) is -0.421. The van der Waals surface area contributed by atoms with Crippen LogP contribution in [0.4, 0.5) is 11.4 Å². The lowest BCUT2D eigenvalue weighted by molar-refractivity contribution is -0.385. The van der Waals surface area contributed by atoms with E-state index in [0.29, 0.717) is 11.3 Å². The molecule has 0 heterocycles. The molecule has 0 unspecified atom stereocenters. The smallest absolute Gasteiger partial charge is 0.273 e. The van der Waals surface area contributed by atoms with Gasteiger partial charge in [0.1, 0.15) is 0 Å². The Kier molecular flexibility index (Phi) is 4.30. The molecular formula is C15H14N2O4. The molecule has 0 aliphatic rings. The fourth-order valence-electron chi connectivity index (χ4n) is 1.84. The summed E-state index contributed by atoms with van der Waals surface area (Å²) in [6.07, 6.45) is 0. The molecule has 0 saturated heterocycles. The first kappa shape index (κ1) is 14.7. The minimum Gasteiger partial charge on any atom is -0.392 e. The molecule has 0 aliphatic heterocycles. The third-order valence-corrected chi connectivity index (χ3v) is 3.06. The third-order valence-electron chi connectivity index (χ3n) is 3.06. The first-order valence-corrected chi connectivity index (χ1v) is 6.27. The largest absolute Gasteiger partial charge is 0.392 e. The second kappa shape index (κ2) is 6.15. The summed E-state index contributed by atoms with van der Waals surface area (Å²) in [5.41, 5.74) is 1.93. The number of rotatable bonds is 4. The van der Waals surface area contributed by atoms with E-state index in [0.717, 1.165) is 5.56 Å². The molecule has 6 nitrogen and oxygen atoms in total. The van der Waals surface area contributed by atoms with Crippen LogP contribution in [0, 0.1) is 17.0 Å². The molecule has 0 spiro atoms. The SMILES string of the molecule is Cc1ccc(C(=O)Nc2ccc(CO)cc2)cc1[N+](=O)[O-]. The molecule has 0 bridgehead atoms. The van der Waals surface area contributed by atoms with Gasteiger partial charge in [-0.05, 0) is 30.7 Å². The first-order chi connectivity index (χ1) is 10.0. The minimum atomic E-state index is -0.512. The Morgan fingerprint density at radius 1 is 1.24 bits per heavy atom. The van der Waals surface area contributed by atoms with Crippen LogP contribution in [-0.4, -0.2) is 15.9 Å². The highest BCUT2D eigenvalue weighted by Gasteiger charge is 2.15. The molecule has 0 aromatic heterocycles. The van der Waals surface area contributed by atoms with Crippen LogP contribution in [0.1, 0.15) is 21.5 Å². The zero-order valence-corrected chi connectivity index (χ0v) is 11.4. The van der Waals surface area contributed by atoms with Crippen molar-refractivity contribution in [2.75, 3.05) is 5.32 Å². The Labute approximate surface area is 121 Å². The molecule has 21 heavy (non-hydrogen) atoms. The summed E-state index contributed by atoms with van der Waals surface area (Å²) in [6.45, 7) is 1.55. The number of carbonyl (C=O) groups excluding carboxylic acids is 1. The van der Waals surface area contributed by atoms with Crippen molar-refractivity contribution in [3.8, 4) is 0 Å². The topological polar surface area (TPSA) is 92.5 Å². The maximum atomic E-state index is 12.1. The fourth-order valence-corrected chi connectivity index (χ4v) is 1.84. The normalized spacial score (nSPS) is 10.2. The van der Waals surface area contributed by atoms with Gasteiger partial charge in [-0.25, -0.2) is 0 Å². The van der Waals surface area contributed by atoms with Gasteiger partial charge in [-0.3, -0.25) is 14.9 Å². The second-order valence-electron chi connectivity index (χ2n) is 4.57. The van der Waals surface area contributed by atoms with Crippen molar-refractivity contribution in [2.24, 2.45) is 0 Å². The number of nitro groups is 1. The zero-order valence-electron chi connectivity index (χ0n) is 11.4.